The van der Waals surface area contributed by atoms with E-state index in [-0.39, 0.29) is 17.4 Å². The van der Waals surface area contributed by atoms with Gasteiger partial charge in [-0.3, -0.25) is 9.79 Å². The Kier molecular flexibility index (Phi) is 9.80. The highest BCUT2D eigenvalue weighted by Crippen LogP contribution is 2.33. The SMILES string of the molecule is CCCOc1ccc(C2=C(C)CCOC(CC3CCC=C4N=C(c5cccc(F)c5F)C=C4C=N3)=C2)cc1C(=O)CCC. The smallest absolute Gasteiger partial charge is 0.168 e. The molecule has 0 saturated heterocycles. The summed E-state index contributed by atoms with van der Waals surface area (Å²) in [5, 5.41) is 0. The first-order valence-corrected chi connectivity index (χ1v) is 15.2. The molecule has 0 aromatic heterocycles. The van der Waals surface area contributed by atoms with Gasteiger partial charge in [0.25, 0.3) is 0 Å². The largest absolute Gasteiger partial charge is 0.498 e. The van der Waals surface area contributed by atoms with Crippen molar-refractivity contribution in [3.63, 3.8) is 0 Å². The van der Waals surface area contributed by atoms with Crippen molar-refractivity contribution in [3.05, 3.63) is 106 Å². The van der Waals surface area contributed by atoms with E-state index in [9.17, 15) is 13.6 Å². The summed E-state index contributed by atoms with van der Waals surface area (Å²) in [5.41, 5.74) is 5.91. The molecule has 2 aromatic rings. The quantitative estimate of drug-likeness (QED) is 0.262. The summed E-state index contributed by atoms with van der Waals surface area (Å²) in [5.74, 6) is -0.209. The number of ether oxygens (including phenoxy) is 2. The van der Waals surface area contributed by atoms with Crippen LogP contribution >= 0.6 is 0 Å². The number of allylic oxidation sites excluding steroid dienone is 5. The lowest BCUT2D eigenvalue weighted by atomic mass is 9.94. The molecule has 0 aliphatic carbocycles. The minimum atomic E-state index is -0.899. The number of hydrogen-bond donors (Lipinski definition) is 0. The standard InChI is InChI=1S/C36H38F2N2O3/c1-4-8-34(41)30-18-24(13-14-35(30)43-16-5-2)29-21-27(42-17-15-23(29)3)20-26-9-6-12-32-25(22-39-26)19-33(40-32)28-10-7-11-31(37)36(28)38/h7,10-14,18-19,21-22,26H,4-6,8-9,15-17,20H2,1-3H3. The number of halogens is 2. The highest BCUT2D eigenvalue weighted by molar-refractivity contribution is 6.15. The fraction of sp³-hybridized carbons (Fsp3) is 0.361. The van der Waals surface area contributed by atoms with Gasteiger partial charge in [0.15, 0.2) is 17.4 Å². The zero-order valence-electron chi connectivity index (χ0n) is 25.1. The minimum Gasteiger partial charge on any atom is -0.498 e. The van der Waals surface area contributed by atoms with Crippen LogP contribution < -0.4 is 4.74 Å². The lowest BCUT2D eigenvalue weighted by molar-refractivity contribution is 0.0977. The van der Waals surface area contributed by atoms with Crippen LogP contribution in [0.4, 0.5) is 8.78 Å². The number of Topliss-reactive ketones (excluding diaryl/α,β-unsaturated/α-hetero) is 1. The van der Waals surface area contributed by atoms with Crippen molar-refractivity contribution in [2.45, 2.75) is 71.8 Å². The highest BCUT2D eigenvalue weighted by atomic mass is 19.2. The van der Waals surface area contributed by atoms with Crippen LogP contribution in [0.25, 0.3) is 5.57 Å². The summed E-state index contributed by atoms with van der Waals surface area (Å²) >= 11 is 0. The highest BCUT2D eigenvalue weighted by Gasteiger charge is 2.22. The van der Waals surface area contributed by atoms with Crippen LogP contribution in [-0.2, 0) is 4.74 Å². The van der Waals surface area contributed by atoms with Crippen LogP contribution in [0.5, 0.6) is 5.75 Å². The van der Waals surface area contributed by atoms with Crippen molar-refractivity contribution in [2.24, 2.45) is 9.98 Å². The van der Waals surface area contributed by atoms with Gasteiger partial charge in [0.2, 0.25) is 0 Å². The third-order valence-corrected chi connectivity index (χ3v) is 7.81. The third kappa shape index (κ3) is 7.10. The molecular weight excluding hydrogens is 546 g/mol. The maximum Gasteiger partial charge on any atom is 0.168 e. The van der Waals surface area contributed by atoms with Crippen LogP contribution in [0.1, 0.15) is 87.2 Å². The summed E-state index contributed by atoms with van der Waals surface area (Å²) in [6.07, 6.45) is 12.7. The molecule has 0 saturated carbocycles. The van der Waals surface area contributed by atoms with Gasteiger partial charge in [-0.1, -0.05) is 37.6 Å². The van der Waals surface area contributed by atoms with Crippen LogP contribution in [0, 0.1) is 11.6 Å². The van der Waals surface area contributed by atoms with Crippen molar-refractivity contribution in [1.29, 1.82) is 0 Å². The van der Waals surface area contributed by atoms with Crippen LogP contribution in [-0.4, -0.2) is 37.0 Å². The van der Waals surface area contributed by atoms with Gasteiger partial charge in [0, 0.05) is 36.6 Å². The van der Waals surface area contributed by atoms with E-state index in [0.29, 0.717) is 43.1 Å². The summed E-state index contributed by atoms with van der Waals surface area (Å²) in [7, 11) is 0. The molecule has 0 spiro atoms. The van der Waals surface area contributed by atoms with E-state index in [0.717, 1.165) is 66.3 Å². The molecule has 0 radical (unpaired) electrons. The second-order valence-electron chi connectivity index (χ2n) is 11.1. The molecule has 3 aliphatic rings. The van der Waals surface area contributed by atoms with E-state index in [1.807, 2.05) is 38.1 Å². The second-order valence-corrected chi connectivity index (χ2v) is 11.1. The van der Waals surface area contributed by atoms with Gasteiger partial charge in [-0.2, -0.15) is 0 Å². The van der Waals surface area contributed by atoms with E-state index in [4.69, 9.17) is 14.5 Å². The number of aliphatic imine (C=N–C) groups is 2. The average Bonchev–Trinajstić information content (AvgIpc) is 3.28. The molecule has 3 aliphatic heterocycles. The Morgan fingerprint density at radius 1 is 1.12 bits per heavy atom. The van der Waals surface area contributed by atoms with Crippen molar-refractivity contribution in [2.75, 3.05) is 13.2 Å². The fourth-order valence-corrected chi connectivity index (χ4v) is 5.47. The normalized spacial score (nSPS) is 18.4. The monoisotopic (exact) mass is 584 g/mol. The van der Waals surface area contributed by atoms with E-state index >= 15 is 0 Å². The molecule has 1 atom stereocenters. The van der Waals surface area contributed by atoms with Crippen LogP contribution in [0.2, 0.25) is 0 Å². The number of hydrogen-bond acceptors (Lipinski definition) is 5. The summed E-state index contributed by atoms with van der Waals surface area (Å²) in [6.45, 7) is 7.30. The van der Waals surface area contributed by atoms with E-state index in [1.165, 1.54) is 17.7 Å². The van der Waals surface area contributed by atoms with Crippen molar-refractivity contribution in [1.82, 2.24) is 0 Å². The second kappa shape index (κ2) is 13.9. The van der Waals surface area contributed by atoms with Gasteiger partial charge in [-0.05, 0) is 80.2 Å². The van der Waals surface area contributed by atoms with E-state index < -0.39 is 11.6 Å². The topological polar surface area (TPSA) is 60.2 Å². The van der Waals surface area contributed by atoms with Gasteiger partial charge in [0.1, 0.15) is 5.75 Å². The number of nitrogens with zero attached hydrogens (tertiary/aromatic N) is 2. The molecule has 43 heavy (non-hydrogen) atoms. The number of fused-ring (bicyclic) bond motifs is 1. The van der Waals surface area contributed by atoms with Gasteiger partial charge in [-0.15, -0.1) is 0 Å². The molecule has 2 aromatic carbocycles. The molecule has 3 heterocycles. The summed E-state index contributed by atoms with van der Waals surface area (Å²) in [4.78, 5) is 22.4. The Morgan fingerprint density at radius 2 is 1.98 bits per heavy atom. The van der Waals surface area contributed by atoms with Crippen LogP contribution in [0.3, 0.4) is 0 Å². The Hall–Kier alpha value is -4.13. The van der Waals surface area contributed by atoms with Crippen molar-refractivity contribution >= 4 is 23.3 Å². The molecule has 1 unspecified atom stereocenters. The van der Waals surface area contributed by atoms with Crippen molar-refractivity contribution < 1.29 is 23.0 Å². The van der Waals surface area contributed by atoms with Crippen molar-refractivity contribution in [3.8, 4) is 5.75 Å². The summed E-state index contributed by atoms with van der Waals surface area (Å²) < 4.78 is 40.3. The van der Waals surface area contributed by atoms with Gasteiger partial charge in [-0.25, -0.2) is 13.8 Å². The van der Waals surface area contributed by atoms with E-state index in [1.54, 1.807) is 12.3 Å². The van der Waals surface area contributed by atoms with Gasteiger partial charge < -0.3 is 9.47 Å². The average molecular weight is 585 g/mol. The third-order valence-electron chi connectivity index (χ3n) is 7.81. The number of ketones is 1. The Bertz CT molecular complexity index is 1580. The predicted molar refractivity (Wildman–Crippen MR) is 168 cm³/mol. The number of carbonyl (C=O) groups is 1. The van der Waals surface area contributed by atoms with Gasteiger partial charge >= 0.3 is 0 Å². The minimum absolute atomic E-state index is 0.0222. The molecular formula is C36H38F2N2O3. The number of benzene rings is 2. The maximum absolute atomic E-state index is 14.4. The molecule has 5 rings (SSSR count). The van der Waals surface area contributed by atoms with E-state index in [2.05, 4.69) is 18.0 Å². The first-order valence-electron chi connectivity index (χ1n) is 15.2. The Morgan fingerprint density at radius 3 is 2.79 bits per heavy atom. The summed E-state index contributed by atoms with van der Waals surface area (Å²) in [6, 6.07) is 10.0. The molecule has 224 valence electrons. The number of carbonyl (C=O) groups excluding carboxylic acids is 1. The Balaban J connectivity index is 1.37. The first kappa shape index (κ1) is 30.3. The predicted octanol–water partition coefficient (Wildman–Crippen LogP) is 8.75. The molecule has 0 fully saturated rings. The lowest BCUT2D eigenvalue weighted by Crippen LogP contribution is -2.10. The fourth-order valence-electron chi connectivity index (χ4n) is 5.47. The zero-order valence-corrected chi connectivity index (χ0v) is 25.1. The number of rotatable bonds is 10. The lowest BCUT2D eigenvalue weighted by Gasteiger charge is -2.17. The van der Waals surface area contributed by atoms with Crippen LogP contribution in [0.15, 0.2) is 87.2 Å². The maximum atomic E-state index is 14.4. The molecule has 0 bridgehead atoms. The Labute approximate surface area is 252 Å². The zero-order chi connectivity index (χ0) is 30.3. The molecule has 7 heteroatoms. The molecule has 5 nitrogen and oxygen atoms in total. The molecule has 0 N–H and O–H groups in total. The first-order chi connectivity index (χ1) is 20.9. The molecule has 0 amide bonds. The van der Waals surface area contributed by atoms with Gasteiger partial charge in [0.05, 0.1) is 42.0 Å².